The molecule has 0 unspecified atom stereocenters. The number of halogens is 2. The minimum atomic E-state index is 0.243. The number of aryl methyl sites for hydroxylation is 1. The quantitative estimate of drug-likeness (QED) is 0.546. The predicted octanol–water partition coefficient (Wildman–Crippen LogP) is 6.00. The number of nitrogens with zero attached hydrogens (tertiary/aromatic N) is 1. The van der Waals surface area contributed by atoms with Crippen LogP contribution in [0, 0.1) is 0 Å². The number of aromatic nitrogens is 1. The molecule has 0 aliphatic rings. The van der Waals surface area contributed by atoms with E-state index in [1.165, 1.54) is 36.0 Å². The highest BCUT2D eigenvalue weighted by Crippen LogP contribution is 2.42. The lowest BCUT2D eigenvalue weighted by atomic mass is 10.0. The Bertz CT molecular complexity index is 510. The van der Waals surface area contributed by atoms with E-state index < -0.39 is 0 Å². The molecule has 1 aromatic carbocycles. The molecule has 106 valence electrons. The number of pyridine rings is 1. The minimum Gasteiger partial charge on any atom is -0.265 e. The molecule has 1 heterocycles. The number of rotatable bonds is 6. The zero-order valence-electron chi connectivity index (χ0n) is 11.6. The van der Waals surface area contributed by atoms with Gasteiger partial charge < -0.3 is 0 Å². The predicted molar refractivity (Wildman–Crippen MR) is 92.6 cm³/mol. The topological polar surface area (TPSA) is 12.9 Å². The number of alkyl halides is 2. The summed E-state index contributed by atoms with van der Waals surface area (Å²) in [7, 11) is 0. The van der Waals surface area contributed by atoms with Crippen LogP contribution >= 0.6 is 31.9 Å². The van der Waals surface area contributed by atoms with E-state index in [-0.39, 0.29) is 9.65 Å². The highest BCUT2D eigenvalue weighted by atomic mass is 79.9. The van der Waals surface area contributed by atoms with Crippen LogP contribution in [0.5, 0.6) is 0 Å². The van der Waals surface area contributed by atoms with Crippen molar-refractivity contribution in [3.63, 3.8) is 0 Å². The normalized spacial score (nSPS) is 13.9. The Morgan fingerprint density at radius 3 is 2.00 bits per heavy atom. The van der Waals surface area contributed by atoms with Crippen molar-refractivity contribution in [1.82, 2.24) is 4.98 Å². The highest BCUT2D eigenvalue weighted by molar-refractivity contribution is 9.12. The second-order valence-electron chi connectivity index (χ2n) is 4.93. The zero-order chi connectivity index (χ0) is 14.4. The summed E-state index contributed by atoms with van der Waals surface area (Å²) in [5.41, 5.74) is 3.95. The maximum Gasteiger partial charge on any atom is 0.0562 e. The minimum absolute atomic E-state index is 0.243. The summed E-state index contributed by atoms with van der Waals surface area (Å²) in [6.07, 6.45) is 7.34. The molecule has 3 heteroatoms. The smallest absolute Gasteiger partial charge is 0.0562 e. The van der Waals surface area contributed by atoms with Gasteiger partial charge in [0, 0.05) is 12.4 Å². The zero-order valence-corrected chi connectivity index (χ0v) is 14.8. The molecule has 1 nitrogen and oxygen atoms in total. The van der Waals surface area contributed by atoms with Crippen LogP contribution in [0.1, 0.15) is 46.1 Å². The molecule has 0 amide bonds. The molecule has 1 aromatic heterocycles. The van der Waals surface area contributed by atoms with Crippen LogP contribution in [0.2, 0.25) is 0 Å². The number of unbranched alkanes of at least 4 members (excludes halogenated alkanes) is 1. The van der Waals surface area contributed by atoms with Crippen molar-refractivity contribution in [3.05, 3.63) is 65.5 Å². The Morgan fingerprint density at radius 1 is 0.900 bits per heavy atom. The van der Waals surface area contributed by atoms with E-state index in [0.29, 0.717) is 0 Å². The summed E-state index contributed by atoms with van der Waals surface area (Å²) in [5, 5.41) is 0. The SMILES string of the molecule is CCCCc1ccc([C@@H](Br)[C@@H](Br)c2ccncc2)cc1. The third-order valence-electron chi connectivity index (χ3n) is 3.40. The Hall–Kier alpha value is -0.670. The number of hydrogen-bond donors (Lipinski definition) is 0. The van der Waals surface area contributed by atoms with Gasteiger partial charge in [-0.05, 0) is 41.7 Å². The molecule has 0 saturated heterocycles. The van der Waals surface area contributed by atoms with Crippen LogP contribution in [0.3, 0.4) is 0 Å². The largest absolute Gasteiger partial charge is 0.265 e. The third kappa shape index (κ3) is 4.16. The first kappa shape index (κ1) is 15.7. The van der Waals surface area contributed by atoms with E-state index >= 15 is 0 Å². The van der Waals surface area contributed by atoms with Gasteiger partial charge in [-0.25, -0.2) is 0 Å². The first-order chi connectivity index (χ1) is 9.72. The van der Waals surface area contributed by atoms with Crippen molar-refractivity contribution in [1.29, 1.82) is 0 Å². The van der Waals surface area contributed by atoms with Crippen LogP contribution in [0.15, 0.2) is 48.8 Å². The Morgan fingerprint density at radius 2 is 1.45 bits per heavy atom. The molecule has 0 fully saturated rings. The summed E-state index contributed by atoms with van der Waals surface area (Å²) < 4.78 is 0. The second kappa shape index (κ2) is 7.94. The lowest BCUT2D eigenvalue weighted by Crippen LogP contribution is -1.99. The van der Waals surface area contributed by atoms with Crippen LogP contribution in [-0.4, -0.2) is 4.98 Å². The van der Waals surface area contributed by atoms with E-state index in [4.69, 9.17) is 0 Å². The summed E-state index contributed by atoms with van der Waals surface area (Å²) >= 11 is 7.57. The summed E-state index contributed by atoms with van der Waals surface area (Å²) in [6.45, 7) is 2.23. The maximum absolute atomic E-state index is 4.06. The van der Waals surface area contributed by atoms with Gasteiger partial charge in [0.15, 0.2) is 0 Å². The molecule has 0 aliphatic carbocycles. The van der Waals surface area contributed by atoms with Crippen LogP contribution < -0.4 is 0 Å². The summed E-state index contributed by atoms with van der Waals surface area (Å²) in [6, 6.07) is 13.0. The van der Waals surface area contributed by atoms with E-state index in [1.54, 1.807) is 0 Å². The van der Waals surface area contributed by atoms with Gasteiger partial charge in [-0.1, -0.05) is 69.5 Å². The van der Waals surface area contributed by atoms with E-state index in [0.717, 1.165) is 0 Å². The lowest BCUT2D eigenvalue weighted by Gasteiger charge is -2.18. The number of benzene rings is 1. The molecule has 2 aromatic rings. The first-order valence-corrected chi connectivity index (χ1v) is 8.82. The molecule has 0 aliphatic heterocycles. The van der Waals surface area contributed by atoms with Gasteiger partial charge in [-0.15, -0.1) is 0 Å². The van der Waals surface area contributed by atoms with E-state index in [1.807, 2.05) is 24.5 Å². The average Bonchev–Trinajstić information content (AvgIpc) is 2.53. The summed E-state index contributed by atoms with van der Waals surface area (Å²) in [4.78, 5) is 4.56. The van der Waals surface area contributed by atoms with Crippen molar-refractivity contribution in [2.45, 2.75) is 35.8 Å². The molecule has 0 radical (unpaired) electrons. The maximum atomic E-state index is 4.06. The fraction of sp³-hybridized carbons (Fsp3) is 0.353. The Labute approximate surface area is 138 Å². The molecule has 0 bridgehead atoms. The van der Waals surface area contributed by atoms with Gasteiger partial charge in [-0.3, -0.25) is 4.98 Å². The van der Waals surface area contributed by atoms with Crippen molar-refractivity contribution in [3.8, 4) is 0 Å². The van der Waals surface area contributed by atoms with Gasteiger partial charge in [0.05, 0.1) is 9.65 Å². The molecule has 2 rings (SSSR count). The molecular weight excluding hydrogens is 378 g/mol. The van der Waals surface area contributed by atoms with Crippen LogP contribution in [0.25, 0.3) is 0 Å². The number of hydrogen-bond acceptors (Lipinski definition) is 1. The fourth-order valence-electron chi connectivity index (χ4n) is 2.13. The fourth-order valence-corrected chi connectivity index (χ4v) is 3.36. The third-order valence-corrected chi connectivity index (χ3v) is 6.22. The van der Waals surface area contributed by atoms with Crippen molar-refractivity contribution in [2.75, 3.05) is 0 Å². The average molecular weight is 397 g/mol. The van der Waals surface area contributed by atoms with Crippen molar-refractivity contribution in [2.24, 2.45) is 0 Å². The summed E-state index contributed by atoms with van der Waals surface area (Å²) in [5.74, 6) is 0. The van der Waals surface area contributed by atoms with E-state index in [9.17, 15) is 0 Å². The molecule has 20 heavy (non-hydrogen) atoms. The van der Waals surface area contributed by atoms with Gasteiger partial charge in [0.2, 0.25) is 0 Å². The van der Waals surface area contributed by atoms with Crippen molar-refractivity contribution < 1.29 is 0 Å². The standard InChI is InChI=1S/C17H19Br2N/c1-2-3-4-13-5-7-14(8-6-13)16(18)17(19)15-9-11-20-12-10-15/h5-12,16-17H,2-4H2,1H3/t16-,17+/m1/s1. The lowest BCUT2D eigenvalue weighted by molar-refractivity contribution is 0.794. The molecule has 0 spiro atoms. The van der Waals surface area contributed by atoms with E-state index in [2.05, 4.69) is 68.0 Å². The van der Waals surface area contributed by atoms with Gasteiger partial charge >= 0.3 is 0 Å². The molecule has 0 N–H and O–H groups in total. The molecular formula is C17H19Br2N. The first-order valence-electron chi connectivity index (χ1n) is 6.99. The monoisotopic (exact) mass is 395 g/mol. The highest BCUT2D eigenvalue weighted by Gasteiger charge is 2.19. The van der Waals surface area contributed by atoms with Gasteiger partial charge in [-0.2, -0.15) is 0 Å². The Kier molecular flexibility index (Phi) is 6.24. The van der Waals surface area contributed by atoms with Gasteiger partial charge in [0.1, 0.15) is 0 Å². The Balaban J connectivity index is 2.07. The van der Waals surface area contributed by atoms with Crippen LogP contribution in [-0.2, 0) is 6.42 Å². The van der Waals surface area contributed by atoms with Crippen molar-refractivity contribution >= 4 is 31.9 Å². The van der Waals surface area contributed by atoms with Crippen LogP contribution in [0.4, 0.5) is 0 Å². The van der Waals surface area contributed by atoms with Gasteiger partial charge in [0.25, 0.3) is 0 Å². The molecule has 0 saturated carbocycles. The second-order valence-corrected chi connectivity index (χ2v) is 6.90. The molecule has 2 atom stereocenters.